The van der Waals surface area contributed by atoms with E-state index in [4.69, 9.17) is 11.6 Å². The normalized spacial score (nSPS) is 21.5. The smallest absolute Gasteiger partial charge is 0.230 e. The number of amides is 1. The van der Waals surface area contributed by atoms with Crippen LogP contribution in [0, 0.1) is 0 Å². The largest absolute Gasteiger partial charge is 0.387 e. The third kappa shape index (κ3) is 5.53. The Morgan fingerprint density at radius 2 is 1.85 bits per heavy atom. The maximum Gasteiger partial charge on any atom is 0.230 e. The summed E-state index contributed by atoms with van der Waals surface area (Å²) in [6.07, 6.45) is 2.44. The van der Waals surface area contributed by atoms with E-state index in [2.05, 4.69) is 47.9 Å². The number of hydrogen-bond donors (Lipinski definition) is 2. The predicted octanol–water partition coefficient (Wildman–Crippen LogP) is 3.88. The highest BCUT2D eigenvalue weighted by Crippen LogP contribution is 2.42. The average molecular weight is 486 g/mol. The quantitative estimate of drug-likeness (QED) is 0.646. The summed E-state index contributed by atoms with van der Waals surface area (Å²) >= 11 is 6.10. The van der Waals surface area contributed by atoms with Gasteiger partial charge in [0.15, 0.2) is 0 Å². The molecular formula is C26H36ClN5O2. The Bertz CT molecular complexity index is 999. The van der Waals surface area contributed by atoms with Crippen LogP contribution >= 0.6 is 11.6 Å². The van der Waals surface area contributed by atoms with E-state index in [-0.39, 0.29) is 23.3 Å². The van der Waals surface area contributed by atoms with Crippen LogP contribution in [0.5, 0.6) is 0 Å². The standard InChI is InChI=1S/C26H36ClN5O2/c1-17-15-21(33)23-22(17)24(29-16-28-23)31-11-13-32(14-12-31)25(34)20(9-10-30-26(2,3)4)18-5-7-19(27)8-6-18/h5-8,16-17,20-21,30,33H,9-15H2,1-4H3/t17-,20-,21-/m1/s1. The van der Waals surface area contributed by atoms with Crippen LogP contribution in [-0.4, -0.2) is 64.1 Å². The number of carbonyl (C=O) groups excluding carboxylic acids is 1. The second kappa shape index (κ2) is 10.2. The average Bonchev–Trinajstić information content (AvgIpc) is 3.10. The number of benzene rings is 1. The van der Waals surface area contributed by atoms with E-state index >= 15 is 0 Å². The van der Waals surface area contributed by atoms with Crippen molar-refractivity contribution in [1.29, 1.82) is 0 Å². The van der Waals surface area contributed by atoms with E-state index in [0.717, 1.165) is 35.6 Å². The number of piperazine rings is 1. The lowest BCUT2D eigenvalue weighted by Crippen LogP contribution is -2.51. The maximum absolute atomic E-state index is 13.7. The van der Waals surface area contributed by atoms with Crippen molar-refractivity contribution in [3.05, 3.63) is 52.4 Å². The molecule has 34 heavy (non-hydrogen) atoms. The lowest BCUT2D eigenvalue weighted by Gasteiger charge is -2.38. The number of halogens is 1. The van der Waals surface area contributed by atoms with E-state index in [1.807, 2.05) is 29.2 Å². The van der Waals surface area contributed by atoms with Crippen LogP contribution in [0.1, 0.15) is 75.3 Å². The van der Waals surface area contributed by atoms with E-state index in [9.17, 15) is 9.90 Å². The Labute approximate surface area is 207 Å². The molecular weight excluding hydrogens is 450 g/mol. The Kier molecular flexibility index (Phi) is 7.45. The molecule has 1 aliphatic heterocycles. The molecule has 3 atom stereocenters. The predicted molar refractivity (Wildman–Crippen MR) is 135 cm³/mol. The van der Waals surface area contributed by atoms with Gasteiger partial charge in [-0.25, -0.2) is 9.97 Å². The maximum atomic E-state index is 13.7. The van der Waals surface area contributed by atoms with Gasteiger partial charge in [0.25, 0.3) is 0 Å². The molecule has 184 valence electrons. The van der Waals surface area contributed by atoms with Crippen LogP contribution < -0.4 is 10.2 Å². The number of aliphatic hydroxyl groups is 1. The van der Waals surface area contributed by atoms with Gasteiger partial charge in [-0.05, 0) is 63.8 Å². The molecule has 2 N–H and O–H groups in total. The number of hydrogen-bond acceptors (Lipinski definition) is 6. The molecule has 1 fully saturated rings. The van der Waals surface area contributed by atoms with E-state index < -0.39 is 6.10 Å². The van der Waals surface area contributed by atoms with Crippen LogP contribution in [0.2, 0.25) is 5.02 Å². The lowest BCUT2D eigenvalue weighted by atomic mass is 9.93. The fourth-order valence-electron chi connectivity index (χ4n) is 5.03. The first-order valence-corrected chi connectivity index (χ1v) is 12.6. The molecule has 1 amide bonds. The molecule has 0 spiro atoms. The van der Waals surface area contributed by atoms with Gasteiger partial charge in [0, 0.05) is 42.3 Å². The Morgan fingerprint density at radius 3 is 2.50 bits per heavy atom. The van der Waals surface area contributed by atoms with Crippen molar-refractivity contribution in [3.8, 4) is 0 Å². The van der Waals surface area contributed by atoms with Gasteiger partial charge in [-0.1, -0.05) is 30.7 Å². The van der Waals surface area contributed by atoms with Crippen LogP contribution in [0.25, 0.3) is 0 Å². The van der Waals surface area contributed by atoms with Crippen molar-refractivity contribution in [2.24, 2.45) is 0 Å². The van der Waals surface area contributed by atoms with Crippen LogP contribution in [0.15, 0.2) is 30.6 Å². The Morgan fingerprint density at radius 1 is 1.18 bits per heavy atom. The number of carbonyl (C=O) groups is 1. The first kappa shape index (κ1) is 24.9. The summed E-state index contributed by atoms with van der Waals surface area (Å²) in [5.74, 6) is 1.08. The summed E-state index contributed by atoms with van der Waals surface area (Å²) in [5, 5.41) is 14.5. The molecule has 1 aliphatic carbocycles. The first-order chi connectivity index (χ1) is 16.1. The summed E-state index contributed by atoms with van der Waals surface area (Å²) in [4.78, 5) is 26.8. The molecule has 2 aromatic rings. The highest BCUT2D eigenvalue weighted by atomic mass is 35.5. The number of aromatic nitrogens is 2. The van der Waals surface area contributed by atoms with Crippen molar-refractivity contribution in [2.75, 3.05) is 37.6 Å². The van der Waals surface area contributed by atoms with Gasteiger partial charge >= 0.3 is 0 Å². The van der Waals surface area contributed by atoms with Crippen molar-refractivity contribution >= 4 is 23.3 Å². The zero-order valence-corrected chi connectivity index (χ0v) is 21.3. The monoisotopic (exact) mass is 485 g/mol. The second-order valence-corrected chi connectivity index (χ2v) is 11.0. The molecule has 1 aromatic heterocycles. The number of aliphatic hydroxyl groups excluding tert-OH is 1. The molecule has 8 heteroatoms. The van der Waals surface area contributed by atoms with Crippen LogP contribution in [0.4, 0.5) is 5.82 Å². The number of rotatable bonds is 6. The minimum absolute atomic E-state index is 0.00172. The molecule has 0 saturated carbocycles. The van der Waals surface area contributed by atoms with Gasteiger partial charge in [0.2, 0.25) is 5.91 Å². The van der Waals surface area contributed by atoms with E-state index in [0.29, 0.717) is 37.6 Å². The van der Waals surface area contributed by atoms with Gasteiger partial charge in [0.05, 0.1) is 17.7 Å². The SMILES string of the molecule is C[C@@H]1C[C@@H](O)c2ncnc(N3CCN(C(=O)[C@H](CCNC(C)(C)C)c4ccc(Cl)cc4)CC3)c21. The van der Waals surface area contributed by atoms with Crippen molar-refractivity contribution in [2.45, 2.75) is 64.0 Å². The molecule has 2 aliphatic rings. The van der Waals surface area contributed by atoms with E-state index in [1.165, 1.54) is 0 Å². The number of nitrogens with one attached hydrogen (secondary N) is 1. The highest BCUT2D eigenvalue weighted by molar-refractivity contribution is 6.30. The molecule has 0 bridgehead atoms. The van der Waals surface area contributed by atoms with Crippen molar-refractivity contribution in [1.82, 2.24) is 20.2 Å². The fraction of sp³-hybridized carbons (Fsp3) is 0.577. The van der Waals surface area contributed by atoms with Crippen LogP contribution in [-0.2, 0) is 4.79 Å². The third-order valence-electron chi connectivity index (χ3n) is 6.83. The fourth-order valence-corrected chi connectivity index (χ4v) is 5.16. The number of anilines is 1. The minimum Gasteiger partial charge on any atom is -0.387 e. The molecule has 4 rings (SSSR count). The summed E-state index contributed by atoms with van der Waals surface area (Å²) in [7, 11) is 0. The number of fused-ring (bicyclic) bond motifs is 1. The van der Waals surface area contributed by atoms with Gasteiger partial charge in [-0.15, -0.1) is 0 Å². The van der Waals surface area contributed by atoms with Crippen LogP contribution in [0.3, 0.4) is 0 Å². The summed E-state index contributed by atoms with van der Waals surface area (Å²) in [6.45, 7) is 12.0. The summed E-state index contributed by atoms with van der Waals surface area (Å²) in [5.41, 5.74) is 2.82. The molecule has 7 nitrogen and oxygen atoms in total. The zero-order chi connectivity index (χ0) is 24.5. The van der Waals surface area contributed by atoms with Crippen molar-refractivity contribution in [3.63, 3.8) is 0 Å². The van der Waals surface area contributed by atoms with Gasteiger partial charge < -0.3 is 20.2 Å². The molecule has 0 unspecified atom stereocenters. The zero-order valence-electron chi connectivity index (χ0n) is 20.6. The summed E-state index contributed by atoms with van der Waals surface area (Å²) in [6, 6.07) is 7.65. The lowest BCUT2D eigenvalue weighted by molar-refractivity contribution is -0.133. The van der Waals surface area contributed by atoms with Crippen molar-refractivity contribution < 1.29 is 9.90 Å². The topological polar surface area (TPSA) is 81.6 Å². The molecule has 0 radical (unpaired) electrons. The van der Waals surface area contributed by atoms with Gasteiger partial charge in [0.1, 0.15) is 12.1 Å². The molecule has 1 saturated heterocycles. The molecule has 1 aromatic carbocycles. The van der Waals surface area contributed by atoms with Gasteiger partial charge in [-0.2, -0.15) is 0 Å². The van der Waals surface area contributed by atoms with E-state index in [1.54, 1.807) is 6.33 Å². The highest BCUT2D eigenvalue weighted by Gasteiger charge is 2.35. The Hall–Kier alpha value is -2.22. The molecule has 2 heterocycles. The first-order valence-electron chi connectivity index (χ1n) is 12.2. The minimum atomic E-state index is -0.517. The third-order valence-corrected chi connectivity index (χ3v) is 7.08. The summed E-state index contributed by atoms with van der Waals surface area (Å²) < 4.78 is 0. The number of nitrogens with zero attached hydrogens (tertiary/aromatic N) is 4. The second-order valence-electron chi connectivity index (χ2n) is 10.5. The Balaban J connectivity index is 1.46. The van der Waals surface area contributed by atoms with Gasteiger partial charge in [-0.3, -0.25) is 4.79 Å².